The number of ether oxygens (including phenoxy) is 1. The number of hydrogen-bond donors (Lipinski definition) is 2. The molecular weight excluding hydrogens is 204 g/mol. The minimum absolute atomic E-state index is 0.0810. The molecule has 0 radical (unpaired) electrons. The van der Waals surface area contributed by atoms with E-state index >= 15 is 0 Å². The second kappa shape index (κ2) is 4.72. The van der Waals surface area contributed by atoms with Gasteiger partial charge in [0.1, 0.15) is 6.10 Å². The molecule has 1 aromatic carbocycles. The van der Waals surface area contributed by atoms with Crippen LogP contribution in [0.25, 0.3) is 0 Å². The fourth-order valence-corrected chi connectivity index (χ4v) is 2.03. The number of rotatable bonds is 3. The standard InChI is InChI=1S/C12H18N2O2/c1-2-16-12-8-14(7-11(12)15)10-5-3-9(13)4-6-10/h3-6,11-12,15H,2,7-8,13H2,1H3/t11-,12-/m1/s1. The monoisotopic (exact) mass is 222 g/mol. The molecule has 0 amide bonds. The molecule has 2 rings (SSSR count). The fraction of sp³-hybridized carbons (Fsp3) is 0.500. The van der Waals surface area contributed by atoms with Gasteiger partial charge >= 0.3 is 0 Å². The molecule has 0 spiro atoms. The molecule has 1 heterocycles. The van der Waals surface area contributed by atoms with Crippen LogP contribution in [0.4, 0.5) is 11.4 Å². The number of anilines is 2. The van der Waals surface area contributed by atoms with Crippen molar-refractivity contribution in [3.8, 4) is 0 Å². The zero-order valence-corrected chi connectivity index (χ0v) is 9.47. The smallest absolute Gasteiger partial charge is 0.102 e. The van der Waals surface area contributed by atoms with Gasteiger partial charge in [-0.05, 0) is 31.2 Å². The Morgan fingerprint density at radius 1 is 1.38 bits per heavy atom. The minimum atomic E-state index is -0.405. The van der Waals surface area contributed by atoms with E-state index in [0.717, 1.165) is 17.9 Å². The van der Waals surface area contributed by atoms with Crippen molar-refractivity contribution in [3.63, 3.8) is 0 Å². The topological polar surface area (TPSA) is 58.7 Å². The molecule has 3 N–H and O–H groups in total. The van der Waals surface area contributed by atoms with Crippen molar-refractivity contribution in [2.24, 2.45) is 0 Å². The maximum absolute atomic E-state index is 9.82. The molecule has 16 heavy (non-hydrogen) atoms. The van der Waals surface area contributed by atoms with Crippen LogP contribution in [0.5, 0.6) is 0 Å². The third kappa shape index (κ3) is 2.28. The lowest BCUT2D eigenvalue weighted by atomic mass is 10.2. The minimum Gasteiger partial charge on any atom is -0.399 e. The molecule has 1 aromatic rings. The lowest BCUT2D eigenvalue weighted by Gasteiger charge is -2.18. The first-order valence-electron chi connectivity index (χ1n) is 5.61. The third-order valence-electron chi connectivity index (χ3n) is 2.88. The summed E-state index contributed by atoms with van der Waals surface area (Å²) < 4.78 is 5.47. The summed E-state index contributed by atoms with van der Waals surface area (Å²) in [5, 5.41) is 9.82. The van der Waals surface area contributed by atoms with Crippen LogP contribution in [0.3, 0.4) is 0 Å². The van der Waals surface area contributed by atoms with Crippen LogP contribution in [0.15, 0.2) is 24.3 Å². The maximum atomic E-state index is 9.82. The highest BCUT2D eigenvalue weighted by atomic mass is 16.5. The van der Waals surface area contributed by atoms with Crippen LogP contribution in [0.2, 0.25) is 0 Å². The maximum Gasteiger partial charge on any atom is 0.102 e. The van der Waals surface area contributed by atoms with E-state index in [1.165, 1.54) is 0 Å². The van der Waals surface area contributed by atoms with Crippen molar-refractivity contribution in [2.75, 3.05) is 30.3 Å². The Hall–Kier alpha value is -1.26. The van der Waals surface area contributed by atoms with Gasteiger partial charge < -0.3 is 20.5 Å². The molecular formula is C12H18N2O2. The van der Waals surface area contributed by atoms with Crippen molar-refractivity contribution >= 4 is 11.4 Å². The van der Waals surface area contributed by atoms with Crippen LogP contribution in [0, 0.1) is 0 Å². The van der Waals surface area contributed by atoms with E-state index < -0.39 is 6.10 Å². The zero-order valence-electron chi connectivity index (χ0n) is 9.47. The van der Waals surface area contributed by atoms with Gasteiger partial charge in [0, 0.05) is 31.1 Å². The Kier molecular flexibility index (Phi) is 3.31. The zero-order chi connectivity index (χ0) is 11.5. The highest BCUT2D eigenvalue weighted by molar-refractivity contribution is 5.54. The Bertz CT molecular complexity index is 339. The van der Waals surface area contributed by atoms with Gasteiger partial charge in [0.15, 0.2) is 0 Å². The number of β-amino-alcohol motifs (C(OH)–C–C–N with tert-alkyl or cyclic N) is 1. The molecule has 1 aliphatic heterocycles. The summed E-state index contributed by atoms with van der Waals surface area (Å²) in [6.07, 6.45) is -0.486. The van der Waals surface area contributed by atoms with Gasteiger partial charge in [-0.1, -0.05) is 0 Å². The molecule has 1 fully saturated rings. The fourth-order valence-electron chi connectivity index (χ4n) is 2.03. The summed E-state index contributed by atoms with van der Waals surface area (Å²) in [5.74, 6) is 0. The molecule has 88 valence electrons. The summed E-state index contributed by atoms with van der Waals surface area (Å²) in [7, 11) is 0. The first kappa shape index (κ1) is 11.2. The number of benzene rings is 1. The lowest BCUT2D eigenvalue weighted by molar-refractivity contribution is -0.00189. The number of aliphatic hydroxyl groups excluding tert-OH is 1. The van der Waals surface area contributed by atoms with Gasteiger partial charge in [-0.15, -0.1) is 0 Å². The van der Waals surface area contributed by atoms with Crippen molar-refractivity contribution in [3.05, 3.63) is 24.3 Å². The largest absolute Gasteiger partial charge is 0.399 e. The normalized spacial score (nSPS) is 25.0. The van der Waals surface area contributed by atoms with Gasteiger partial charge in [0.25, 0.3) is 0 Å². The molecule has 1 aliphatic rings. The molecule has 0 aromatic heterocycles. The molecule has 0 bridgehead atoms. The first-order valence-corrected chi connectivity index (χ1v) is 5.61. The van der Waals surface area contributed by atoms with Crippen molar-refractivity contribution in [1.29, 1.82) is 0 Å². The van der Waals surface area contributed by atoms with E-state index in [1.807, 2.05) is 31.2 Å². The van der Waals surface area contributed by atoms with E-state index in [4.69, 9.17) is 10.5 Å². The Balaban J connectivity index is 2.04. The van der Waals surface area contributed by atoms with E-state index in [0.29, 0.717) is 13.2 Å². The quantitative estimate of drug-likeness (QED) is 0.745. The number of nitrogen functional groups attached to an aromatic ring is 1. The van der Waals surface area contributed by atoms with E-state index in [9.17, 15) is 5.11 Å². The van der Waals surface area contributed by atoms with Gasteiger partial charge in [-0.3, -0.25) is 0 Å². The number of hydrogen-bond acceptors (Lipinski definition) is 4. The average molecular weight is 222 g/mol. The van der Waals surface area contributed by atoms with Crippen LogP contribution in [-0.2, 0) is 4.74 Å². The first-order chi connectivity index (χ1) is 7.70. The molecule has 0 saturated carbocycles. The van der Waals surface area contributed by atoms with Gasteiger partial charge in [-0.25, -0.2) is 0 Å². The van der Waals surface area contributed by atoms with Gasteiger partial charge in [-0.2, -0.15) is 0 Å². The van der Waals surface area contributed by atoms with Crippen LogP contribution in [0.1, 0.15) is 6.92 Å². The summed E-state index contributed by atoms with van der Waals surface area (Å²) in [5.41, 5.74) is 7.47. The SMILES string of the molecule is CCO[C@@H]1CN(c2ccc(N)cc2)C[C@H]1O. The Morgan fingerprint density at radius 3 is 2.69 bits per heavy atom. The summed E-state index contributed by atoms with van der Waals surface area (Å²) >= 11 is 0. The summed E-state index contributed by atoms with van der Waals surface area (Å²) in [6.45, 7) is 3.93. The lowest BCUT2D eigenvalue weighted by Crippen LogP contribution is -2.26. The molecule has 2 atom stereocenters. The average Bonchev–Trinajstić information content (AvgIpc) is 2.62. The molecule has 4 nitrogen and oxygen atoms in total. The second-order valence-corrected chi connectivity index (χ2v) is 4.06. The van der Waals surface area contributed by atoms with Gasteiger partial charge in [0.2, 0.25) is 0 Å². The van der Waals surface area contributed by atoms with E-state index in [1.54, 1.807) is 0 Å². The van der Waals surface area contributed by atoms with E-state index in [-0.39, 0.29) is 6.10 Å². The van der Waals surface area contributed by atoms with Crippen LogP contribution >= 0.6 is 0 Å². The molecule has 0 aliphatic carbocycles. The number of aliphatic hydroxyl groups is 1. The van der Waals surface area contributed by atoms with E-state index in [2.05, 4.69) is 4.90 Å². The van der Waals surface area contributed by atoms with Gasteiger partial charge in [0.05, 0.1) is 6.10 Å². The summed E-state index contributed by atoms with van der Waals surface area (Å²) in [4.78, 5) is 2.12. The molecule has 1 saturated heterocycles. The number of nitrogens with zero attached hydrogens (tertiary/aromatic N) is 1. The Labute approximate surface area is 95.6 Å². The Morgan fingerprint density at radius 2 is 2.06 bits per heavy atom. The highest BCUT2D eigenvalue weighted by Crippen LogP contribution is 2.23. The summed E-state index contributed by atoms with van der Waals surface area (Å²) in [6, 6.07) is 7.68. The third-order valence-corrected chi connectivity index (χ3v) is 2.88. The van der Waals surface area contributed by atoms with Crippen LogP contribution in [-0.4, -0.2) is 37.0 Å². The van der Waals surface area contributed by atoms with Crippen molar-refractivity contribution in [1.82, 2.24) is 0 Å². The predicted octanol–water partition coefficient (Wildman–Crippen LogP) is 0.855. The predicted molar refractivity (Wildman–Crippen MR) is 64.5 cm³/mol. The van der Waals surface area contributed by atoms with Crippen molar-refractivity contribution < 1.29 is 9.84 Å². The molecule has 0 unspecified atom stereocenters. The van der Waals surface area contributed by atoms with Crippen molar-refractivity contribution in [2.45, 2.75) is 19.1 Å². The number of nitrogens with two attached hydrogens (primary N) is 1. The van der Waals surface area contributed by atoms with Crippen LogP contribution < -0.4 is 10.6 Å². The molecule has 4 heteroatoms. The second-order valence-electron chi connectivity index (χ2n) is 4.06. The highest BCUT2D eigenvalue weighted by Gasteiger charge is 2.31.